The maximum absolute atomic E-state index is 11.1. The van der Waals surface area contributed by atoms with E-state index in [9.17, 15) is 4.79 Å². The van der Waals surface area contributed by atoms with Gasteiger partial charge in [-0.25, -0.2) is 9.78 Å². The summed E-state index contributed by atoms with van der Waals surface area (Å²) in [6, 6.07) is 4.11. The average Bonchev–Trinajstić information content (AvgIpc) is 3.03. The van der Waals surface area contributed by atoms with Gasteiger partial charge in [-0.15, -0.1) is 0 Å². The fourth-order valence-electron chi connectivity index (χ4n) is 2.00. The second-order valence-corrected chi connectivity index (χ2v) is 4.41. The molecule has 5 nitrogen and oxygen atoms in total. The Kier molecular flexibility index (Phi) is 2.07. The molecule has 17 heavy (non-hydrogen) atoms. The number of fused-ring (bicyclic) bond motifs is 1. The molecular formula is C12H13N3O2. The number of nitrogens with one attached hydrogen (secondary N) is 1. The number of nitrogens with zero attached hydrogens (tertiary/aromatic N) is 2. The van der Waals surface area contributed by atoms with Crippen molar-refractivity contribution in [3.05, 3.63) is 24.0 Å². The van der Waals surface area contributed by atoms with E-state index in [1.165, 1.54) is 12.8 Å². The minimum absolute atomic E-state index is 0.262. The molecule has 0 spiro atoms. The Morgan fingerprint density at radius 1 is 1.59 bits per heavy atom. The van der Waals surface area contributed by atoms with Crippen LogP contribution in [0.25, 0.3) is 11.0 Å². The Bertz CT molecular complexity index is 599. The van der Waals surface area contributed by atoms with E-state index in [1.807, 2.05) is 6.07 Å². The van der Waals surface area contributed by atoms with E-state index in [0.717, 1.165) is 11.1 Å². The molecule has 0 atom stereocenters. The van der Waals surface area contributed by atoms with Crippen molar-refractivity contribution in [1.29, 1.82) is 0 Å². The van der Waals surface area contributed by atoms with Gasteiger partial charge in [-0.3, -0.25) is 0 Å². The summed E-state index contributed by atoms with van der Waals surface area (Å²) in [7, 11) is 1.72. The minimum atomic E-state index is -0.928. The van der Waals surface area contributed by atoms with Crippen molar-refractivity contribution in [2.24, 2.45) is 7.05 Å². The van der Waals surface area contributed by atoms with Gasteiger partial charge in [0.1, 0.15) is 11.3 Å². The first kappa shape index (κ1) is 10.1. The molecule has 0 amide bonds. The summed E-state index contributed by atoms with van der Waals surface area (Å²) in [5.74, 6) is -0.928. The van der Waals surface area contributed by atoms with Gasteiger partial charge >= 0.3 is 5.97 Å². The van der Waals surface area contributed by atoms with Crippen molar-refractivity contribution in [2.75, 3.05) is 5.32 Å². The Hall–Kier alpha value is -2.04. The van der Waals surface area contributed by atoms with E-state index in [1.54, 1.807) is 23.9 Å². The topological polar surface area (TPSA) is 67.2 Å². The molecule has 1 aliphatic carbocycles. The number of aryl methyl sites for hydroxylation is 1. The van der Waals surface area contributed by atoms with E-state index >= 15 is 0 Å². The highest BCUT2D eigenvalue weighted by Crippen LogP contribution is 2.30. The van der Waals surface area contributed by atoms with Crippen LogP contribution in [0.3, 0.4) is 0 Å². The Balaban J connectivity index is 2.16. The van der Waals surface area contributed by atoms with Gasteiger partial charge in [0.2, 0.25) is 0 Å². The predicted octanol–water partition coefficient (Wildman–Crippen LogP) is 1.85. The maximum Gasteiger partial charge on any atom is 0.352 e. The Labute approximate surface area is 98.1 Å². The largest absolute Gasteiger partial charge is 0.477 e. The number of hydrogen-bond acceptors (Lipinski definition) is 3. The zero-order valence-corrected chi connectivity index (χ0v) is 9.47. The van der Waals surface area contributed by atoms with Crippen LogP contribution in [0.15, 0.2) is 18.3 Å². The number of carbonyl (C=O) groups is 1. The molecule has 1 saturated carbocycles. The summed E-state index contributed by atoms with van der Waals surface area (Å²) >= 11 is 0. The summed E-state index contributed by atoms with van der Waals surface area (Å²) < 4.78 is 1.61. The van der Waals surface area contributed by atoms with Crippen LogP contribution in [0.5, 0.6) is 0 Å². The van der Waals surface area contributed by atoms with Crippen LogP contribution in [0.4, 0.5) is 5.69 Å². The fourth-order valence-corrected chi connectivity index (χ4v) is 2.00. The predicted molar refractivity (Wildman–Crippen MR) is 64.3 cm³/mol. The maximum atomic E-state index is 11.1. The Morgan fingerprint density at radius 2 is 2.35 bits per heavy atom. The molecular weight excluding hydrogens is 218 g/mol. The van der Waals surface area contributed by atoms with Crippen molar-refractivity contribution in [3.63, 3.8) is 0 Å². The van der Waals surface area contributed by atoms with Crippen LogP contribution >= 0.6 is 0 Å². The molecule has 5 heteroatoms. The highest BCUT2D eigenvalue weighted by molar-refractivity contribution is 5.98. The lowest BCUT2D eigenvalue weighted by atomic mass is 10.2. The van der Waals surface area contributed by atoms with Crippen LogP contribution < -0.4 is 5.32 Å². The average molecular weight is 231 g/mol. The van der Waals surface area contributed by atoms with Gasteiger partial charge in [0.05, 0.1) is 0 Å². The van der Waals surface area contributed by atoms with Crippen LogP contribution in [0, 0.1) is 0 Å². The minimum Gasteiger partial charge on any atom is -0.477 e. The lowest BCUT2D eigenvalue weighted by Crippen LogP contribution is -2.04. The summed E-state index contributed by atoms with van der Waals surface area (Å²) in [5.41, 5.74) is 1.94. The molecule has 2 aromatic heterocycles. The smallest absolute Gasteiger partial charge is 0.352 e. The highest BCUT2D eigenvalue weighted by atomic mass is 16.4. The SMILES string of the molecule is Cn1c(C(=O)O)cc2c(NC3CC3)ccnc21. The van der Waals surface area contributed by atoms with Gasteiger partial charge in [-0.1, -0.05) is 0 Å². The highest BCUT2D eigenvalue weighted by Gasteiger charge is 2.23. The molecule has 2 heterocycles. The third kappa shape index (κ3) is 1.63. The van der Waals surface area contributed by atoms with Gasteiger partial charge in [0.15, 0.2) is 0 Å². The summed E-state index contributed by atoms with van der Waals surface area (Å²) in [6.07, 6.45) is 4.07. The van der Waals surface area contributed by atoms with E-state index in [0.29, 0.717) is 11.7 Å². The van der Waals surface area contributed by atoms with Crippen molar-refractivity contribution in [2.45, 2.75) is 18.9 Å². The standard InChI is InChI=1S/C12H13N3O2/c1-15-10(12(16)17)6-8-9(14-7-2-3-7)4-5-13-11(8)15/h4-7H,2-3H2,1H3,(H,13,14)(H,16,17). The number of pyridine rings is 1. The second kappa shape index (κ2) is 3.48. The lowest BCUT2D eigenvalue weighted by molar-refractivity contribution is 0.0687. The summed E-state index contributed by atoms with van der Waals surface area (Å²) in [4.78, 5) is 15.3. The van der Waals surface area contributed by atoms with Crippen LogP contribution in [-0.2, 0) is 7.05 Å². The molecule has 2 N–H and O–H groups in total. The molecule has 3 rings (SSSR count). The Morgan fingerprint density at radius 3 is 3.00 bits per heavy atom. The molecule has 0 unspecified atom stereocenters. The number of carboxylic acid groups (broad SMARTS) is 1. The zero-order chi connectivity index (χ0) is 12.0. The third-order valence-corrected chi connectivity index (χ3v) is 3.09. The van der Waals surface area contributed by atoms with Gasteiger partial charge in [-0.2, -0.15) is 0 Å². The van der Waals surface area contributed by atoms with E-state index in [-0.39, 0.29) is 5.69 Å². The molecule has 2 aromatic rings. The summed E-state index contributed by atoms with van der Waals surface area (Å²) in [6.45, 7) is 0. The third-order valence-electron chi connectivity index (χ3n) is 3.09. The molecule has 88 valence electrons. The van der Waals surface area contributed by atoms with Crippen molar-refractivity contribution in [3.8, 4) is 0 Å². The van der Waals surface area contributed by atoms with Gasteiger partial charge < -0.3 is 15.0 Å². The molecule has 0 bridgehead atoms. The number of anilines is 1. The normalized spacial score (nSPS) is 15.1. The number of hydrogen-bond donors (Lipinski definition) is 2. The molecule has 0 aliphatic heterocycles. The van der Waals surface area contributed by atoms with E-state index < -0.39 is 5.97 Å². The molecule has 1 aliphatic rings. The monoisotopic (exact) mass is 231 g/mol. The van der Waals surface area contributed by atoms with Crippen LogP contribution in [-0.4, -0.2) is 26.7 Å². The first-order valence-corrected chi connectivity index (χ1v) is 5.61. The molecule has 0 saturated heterocycles. The molecule has 0 radical (unpaired) electrons. The van der Waals surface area contributed by atoms with Crippen molar-refractivity contribution < 1.29 is 9.90 Å². The second-order valence-electron chi connectivity index (χ2n) is 4.41. The first-order chi connectivity index (χ1) is 8.16. The summed E-state index contributed by atoms with van der Waals surface area (Å²) in [5, 5.41) is 13.3. The van der Waals surface area contributed by atoms with Crippen LogP contribution in [0.2, 0.25) is 0 Å². The molecule has 0 aromatic carbocycles. The number of carboxylic acids is 1. The number of aromatic carboxylic acids is 1. The van der Waals surface area contributed by atoms with E-state index in [2.05, 4.69) is 10.3 Å². The number of aromatic nitrogens is 2. The van der Waals surface area contributed by atoms with Crippen molar-refractivity contribution >= 4 is 22.7 Å². The fraction of sp³-hybridized carbons (Fsp3) is 0.333. The van der Waals surface area contributed by atoms with E-state index in [4.69, 9.17) is 5.11 Å². The van der Waals surface area contributed by atoms with Crippen molar-refractivity contribution in [1.82, 2.24) is 9.55 Å². The van der Waals surface area contributed by atoms with Gasteiger partial charge in [-0.05, 0) is 25.0 Å². The molecule has 1 fully saturated rings. The zero-order valence-electron chi connectivity index (χ0n) is 9.47. The van der Waals surface area contributed by atoms with Gasteiger partial charge in [0, 0.05) is 30.4 Å². The lowest BCUT2D eigenvalue weighted by Gasteiger charge is -2.05. The van der Waals surface area contributed by atoms with Crippen LogP contribution in [0.1, 0.15) is 23.3 Å². The number of rotatable bonds is 3. The first-order valence-electron chi connectivity index (χ1n) is 5.61. The quantitative estimate of drug-likeness (QED) is 0.845. The van der Waals surface area contributed by atoms with Gasteiger partial charge in [0.25, 0.3) is 0 Å².